The molecule has 0 saturated heterocycles. The smallest absolute Gasteiger partial charge is 0.192 e. The number of hydrogen-bond donors (Lipinski definition) is 0. The number of benzene rings is 2. The van der Waals surface area contributed by atoms with Crippen LogP contribution in [-0.4, -0.2) is 19.9 Å². The number of fused-ring (bicyclic) bond motifs is 1. The number of hydrogen-bond acceptors (Lipinski definition) is 3. The SMILES string of the molecule is CC(C)(C)[Si](C)(C)O[C@H](c1ccccc1)[C@H]1C=CCC2=C1C(=O)c1ccccc1C2=O. The van der Waals surface area contributed by atoms with Crippen molar-refractivity contribution in [2.24, 2.45) is 5.92 Å². The Morgan fingerprint density at radius 2 is 1.48 bits per heavy atom. The van der Waals surface area contributed by atoms with Gasteiger partial charge < -0.3 is 4.43 Å². The van der Waals surface area contributed by atoms with Gasteiger partial charge in [-0.05, 0) is 30.1 Å². The zero-order chi connectivity index (χ0) is 22.4. The third-order valence-electron chi connectivity index (χ3n) is 6.94. The van der Waals surface area contributed by atoms with Crippen molar-refractivity contribution in [2.75, 3.05) is 0 Å². The Morgan fingerprint density at radius 1 is 0.903 bits per heavy atom. The third-order valence-corrected chi connectivity index (χ3v) is 11.4. The molecule has 2 aliphatic carbocycles. The minimum atomic E-state index is -2.15. The highest BCUT2D eigenvalue weighted by Crippen LogP contribution is 2.46. The maximum Gasteiger partial charge on any atom is 0.192 e. The molecule has 2 aromatic rings. The van der Waals surface area contributed by atoms with E-state index in [1.807, 2.05) is 36.4 Å². The van der Waals surface area contributed by atoms with Gasteiger partial charge in [-0.2, -0.15) is 0 Å². The summed E-state index contributed by atoms with van der Waals surface area (Å²) in [5.74, 6) is -0.358. The largest absolute Gasteiger partial charge is 0.409 e. The number of allylic oxidation sites excluding steroid dienone is 2. The summed E-state index contributed by atoms with van der Waals surface area (Å²) in [4.78, 5) is 26.9. The van der Waals surface area contributed by atoms with E-state index in [2.05, 4.69) is 52.1 Å². The van der Waals surface area contributed by atoms with E-state index in [1.165, 1.54) is 0 Å². The van der Waals surface area contributed by atoms with Crippen LogP contribution in [0.15, 0.2) is 77.9 Å². The molecule has 0 saturated carbocycles. The van der Waals surface area contributed by atoms with Crippen molar-refractivity contribution in [1.29, 1.82) is 0 Å². The Hall–Kier alpha value is -2.56. The molecule has 31 heavy (non-hydrogen) atoms. The van der Waals surface area contributed by atoms with Crippen LogP contribution in [-0.2, 0) is 4.43 Å². The molecule has 0 fully saturated rings. The van der Waals surface area contributed by atoms with E-state index in [0.717, 1.165) is 5.56 Å². The Bertz CT molecular complexity index is 1090. The minimum absolute atomic E-state index is 0.0224. The molecule has 0 spiro atoms. The quantitative estimate of drug-likeness (QED) is 0.400. The molecule has 4 heteroatoms. The van der Waals surface area contributed by atoms with Crippen LogP contribution < -0.4 is 0 Å². The summed E-state index contributed by atoms with van der Waals surface area (Å²) in [6.45, 7) is 11.1. The first-order valence-electron chi connectivity index (χ1n) is 10.9. The Morgan fingerprint density at radius 3 is 2.10 bits per heavy atom. The highest BCUT2D eigenvalue weighted by Gasteiger charge is 2.44. The van der Waals surface area contributed by atoms with Crippen LogP contribution in [0.2, 0.25) is 18.1 Å². The molecule has 0 N–H and O–H groups in total. The molecule has 4 rings (SSSR count). The second-order valence-corrected chi connectivity index (χ2v) is 14.7. The standard InChI is InChI=1S/C27H30O3Si/c1-27(2,3)31(4,5)30-26(18-12-7-6-8-13-18)22-17-11-16-21-23(22)25(29)20-15-10-9-14-19(20)24(21)28/h6-15,17,22,26H,16H2,1-5H3/t22-,26+/m0/s1. The van der Waals surface area contributed by atoms with Crippen molar-refractivity contribution in [3.8, 4) is 0 Å². The molecule has 0 unspecified atom stereocenters. The Labute approximate surface area is 186 Å². The summed E-state index contributed by atoms with van der Waals surface area (Å²) >= 11 is 0. The molecule has 2 atom stereocenters. The van der Waals surface area contributed by atoms with E-state index in [0.29, 0.717) is 28.7 Å². The fraction of sp³-hybridized carbons (Fsp3) is 0.333. The molecule has 0 radical (unpaired) electrons. The van der Waals surface area contributed by atoms with Crippen LogP contribution >= 0.6 is 0 Å². The lowest BCUT2D eigenvalue weighted by Crippen LogP contribution is -2.44. The first-order chi connectivity index (χ1) is 14.6. The van der Waals surface area contributed by atoms with Gasteiger partial charge in [-0.3, -0.25) is 9.59 Å². The predicted octanol–water partition coefficient (Wildman–Crippen LogP) is 6.70. The maximum absolute atomic E-state index is 13.6. The minimum Gasteiger partial charge on any atom is -0.409 e. The fourth-order valence-corrected chi connectivity index (χ4v) is 5.44. The van der Waals surface area contributed by atoms with Crippen molar-refractivity contribution in [1.82, 2.24) is 0 Å². The van der Waals surface area contributed by atoms with Gasteiger partial charge in [0.1, 0.15) is 0 Å². The number of carbonyl (C=O) groups is 2. The third kappa shape index (κ3) is 3.79. The summed E-state index contributed by atoms with van der Waals surface area (Å²) in [5, 5.41) is 0.0224. The number of carbonyl (C=O) groups excluding carboxylic acids is 2. The van der Waals surface area contributed by atoms with Crippen molar-refractivity contribution in [3.63, 3.8) is 0 Å². The molecular formula is C27H30O3Si. The molecule has 2 aromatic carbocycles. The summed E-state index contributed by atoms with van der Waals surface area (Å²) < 4.78 is 6.94. The molecule has 0 aromatic heterocycles. The fourth-order valence-electron chi connectivity index (χ4n) is 4.17. The predicted molar refractivity (Wildman–Crippen MR) is 127 cm³/mol. The van der Waals surface area contributed by atoms with Gasteiger partial charge in [-0.15, -0.1) is 0 Å². The van der Waals surface area contributed by atoms with Crippen molar-refractivity contribution in [3.05, 3.63) is 94.6 Å². The highest BCUT2D eigenvalue weighted by atomic mass is 28.4. The summed E-state index contributed by atoms with van der Waals surface area (Å²) in [6.07, 6.45) is 4.27. The molecular weight excluding hydrogens is 400 g/mol. The zero-order valence-electron chi connectivity index (χ0n) is 18.9. The first kappa shape index (κ1) is 21.7. The lowest BCUT2D eigenvalue weighted by molar-refractivity contribution is 0.0935. The average molecular weight is 431 g/mol. The van der Waals surface area contributed by atoms with Crippen molar-refractivity contribution in [2.45, 2.75) is 51.4 Å². The maximum atomic E-state index is 13.6. The summed E-state index contributed by atoms with van der Waals surface area (Å²) in [6, 6.07) is 17.3. The van der Waals surface area contributed by atoms with Gasteiger partial charge in [0.15, 0.2) is 19.9 Å². The normalized spacial score (nSPS) is 19.8. The van der Waals surface area contributed by atoms with Crippen LogP contribution in [0, 0.1) is 5.92 Å². The molecule has 160 valence electrons. The molecule has 0 heterocycles. The Kier molecular flexibility index (Phi) is 5.48. The van der Waals surface area contributed by atoms with Gasteiger partial charge in [0.2, 0.25) is 0 Å². The van der Waals surface area contributed by atoms with Crippen molar-refractivity contribution < 1.29 is 14.0 Å². The average Bonchev–Trinajstić information content (AvgIpc) is 2.75. The van der Waals surface area contributed by atoms with E-state index in [-0.39, 0.29) is 28.6 Å². The number of Topliss-reactive ketones (excluding diaryl/α,β-unsaturated/α-hetero) is 2. The summed E-state index contributed by atoms with van der Waals surface area (Å²) in [7, 11) is -2.15. The molecule has 0 aliphatic heterocycles. The van der Waals surface area contributed by atoms with E-state index in [4.69, 9.17) is 4.43 Å². The van der Waals surface area contributed by atoms with Gasteiger partial charge in [0.05, 0.1) is 6.10 Å². The highest BCUT2D eigenvalue weighted by molar-refractivity contribution is 6.74. The lowest BCUT2D eigenvalue weighted by Gasteiger charge is -2.42. The molecule has 0 amide bonds. The van der Waals surface area contributed by atoms with Gasteiger partial charge in [-0.1, -0.05) is 87.5 Å². The second kappa shape index (κ2) is 7.85. The number of rotatable bonds is 4. The molecule has 0 bridgehead atoms. The van der Waals surface area contributed by atoms with Crippen LogP contribution in [0.5, 0.6) is 0 Å². The topological polar surface area (TPSA) is 43.4 Å². The lowest BCUT2D eigenvalue weighted by atomic mass is 9.72. The second-order valence-electron chi connectivity index (χ2n) is 9.96. The molecule has 2 aliphatic rings. The molecule has 3 nitrogen and oxygen atoms in total. The number of ketones is 2. The van der Waals surface area contributed by atoms with Gasteiger partial charge >= 0.3 is 0 Å². The van der Waals surface area contributed by atoms with E-state index < -0.39 is 8.32 Å². The summed E-state index contributed by atoms with van der Waals surface area (Å²) in [5.41, 5.74) is 3.29. The van der Waals surface area contributed by atoms with Crippen LogP contribution in [0.25, 0.3) is 0 Å². The van der Waals surface area contributed by atoms with E-state index >= 15 is 0 Å². The van der Waals surface area contributed by atoms with Crippen LogP contribution in [0.3, 0.4) is 0 Å². The van der Waals surface area contributed by atoms with Gasteiger partial charge in [-0.25, -0.2) is 0 Å². The van der Waals surface area contributed by atoms with Crippen molar-refractivity contribution >= 4 is 19.9 Å². The van der Waals surface area contributed by atoms with Gasteiger partial charge in [0, 0.05) is 28.2 Å². The van der Waals surface area contributed by atoms with Crippen LogP contribution in [0.4, 0.5) is 0 Å². The van der Waals surface area contributed by atoms with Gasteiger partial charge in [0.25, 0.3) is 0 Å². The Balaban J connectivity index is 1.84. The van der Waals surface area contributed by atoms with E-state index in [1.54, 1.807) is 12.1 Å². The van der Waals surface area contributed by atoms with E-state index in [9.17, 15) is 9.59 Å². The van der Waals surface area contributed by atoms with Crippen LogP contribution in [0.1, 0.15) is 59.6 Å². The zero-order valence-corrected chi connectivity index (χ0v) is 19.9. The monoisotopic (exact) mass is 430 g/mol. The first-order valence-corrected chi connectivity index (χ1v) is 13.8.